The highest BCUT2D eigenvalue weighted by Crippen LogP contribution is 2.18. The maximum absolute atomic E-state index is 5.57. The number of nitrogens with two attached hydrogens (primary N) is 1. The quantitative estimate of drug-likeness (QED) is 0.604. The van der Waals surface area contributed by atoms with Gasteiger partial charge in [0, 0.05) is 6.20 Å². The maximum atomic E-state index is 5.57. The van der Waals surface area contributed by atoms with Crippen molar-refractivity contribution in [2.45, 2.75) is 19.4 Å². The van der Waals surface area contributed by atoms with Gasteiger partial charge in [0.1, 0.15) is 0 Å². The minimum Gasteiger partial charge on any atom is -0.472 e. The van der Waals surface area contributed by atoms with Crippen molar-refractivity contribution in [1.29, 1.82) is 0 Å². The van der Waals surface area contributed by atoms with Crippen LogP contribution in [0.15, 0.2) is 41.3 Å². The van der Waals surface area contributed by atoms with Crippen molar-refractivity contribution < 1.29 is 4.42 Å². The summed E-state index contributed by atoms with van der Waals surface area (Å²) in [5.74, 6) is 5.57. The second kappa shape index (κ2) is 4.92. The van der Waals surface area contributed by atoms with Crippen molar-refractivity contribution in [1.82, 2.24) is 10.4 Å². The van der Waals surface area contributed by atoms with Crippen LogP contribution in [0.3, 0.4) is 0 Å². The molecule has 16 heavy (non-hydrogen) atoms. The van der Waals surface area contributed by atoms with Gasteiger partial charge in [-0.15, -0.1) is 0 Å². The van der Waals surface area contributed by atoms with E-state index in [-0.39, 0.29) is 6.04 Å². The fraction of sp³-hybridized carbons (Fsp3) is 0.250. The Morgan fingerprint density at radius 1 is 1.50 bits per heavy atom. The molecule has 4 nitrogen and oxygen atoms in total. The first-order valence-corrected chi connectivity index (χ1v) is 5.20. The lowest BCUT2D eigenvalue weighted by Crippen LogP contribution is -2.30. The van der Waals surface area contributed by atoms with Gasteiger partial charge in [-0.25, -0.2) is 0 Å². The van der Waals surface area contributed by atoms with Crippen molar-refractivity contribution in [3.8, 4) is 0 Å². The van der Waals surface area contributed by atoms with E-state index in [1.807, 2.05) is 25.1 Å². The minimum atomic E-state index is 0.0128. The molecule has 2 aromatic heterocycles. The largest absolute Gasteiger partial charge is 0.472 e. The summed E-state index contributed by atoms with van der Waals surface area (Å²) in [5.41, 5.74) is 6.01. The molecule has 0 aliphatic heterocycles. The predicted octanol–water partition coefficient (Wildman–Crippen LogP) is 1.73. The SMILES string of the molecule is Cc1cccnc1C(Cc1ccoc1)NN. The van der Waals surface area contributed by atoms with Crippen molar-refractivity contribution >= 4 is 0 Å². The summed E-state index contributed by atoms with van der Waals surface area (Å²) in [4.78, 5) is 4.36. The number of hydrogen-bond acceptors (Lipinski definition) is 4. The van der Waals surface area contributed by atoms with Gasteiger partial charge >= 0.3 is 0 Å². The lowest BCUT2D eigenvalue weighted by molar-refractivity contribution is 0.524. The molecular weight excluding hydrogens is 202 g/mol. The number of nitrogens with zero attached hydrogens (tertiary/aromatic N) is 1. The average molecular weight is 217 g/mol. The van der Waals surface area contributed by atoms with E-state index in [2.05, 4.69) is 10.4 Å². The van der Waals surface area contributed by atoms with Gasteiger partial charge in [0.25, 0.3) is 0 Å². The number of aryl methyl sites for hydroxylation is 1. The molecule has 0 spiro atoms. The van der Waals surface area contributed by atoms with Crippen LogP contribution in [0.2, 0.25) is 0 Å². The fourth-order valence-electron chi connectivity index (χ4n) is 1.74. The van der Waals surface area contributed by atoms with Crippen LogP contribution < -0.4 is 11.3 Å². The highest BCUT2D eigenvalue weighted by Gasteiger charge is 2.14. The van der Waals surface area contributed by atoms with Gasteiger partial charge in [0.05, 0.1) is 24.3 Å². The molecule has 2 aromatic rings. The molecule has 0 aliphatic rings. The first-order valence-electron chi connectivity index (χ1n) is 5.20. The standard InChI is InChI=1S/C12H15N3O/c1-9-3-2-5-14-12(9)11(15-13)7-10-4-6-16-8-10/h2-6,8,11,15H,7,13H2,1H3. The molecule has 2 heterocycles. The van der Waals surface area contributed by atoms with Gasteiger partial charge in [-0.2, -0.15) is 0 Å². The molecule has 0 saturated carbocycles. The van der Waals surface area contributed by atoms with E-state index in [0.29, 0.717) is 0 Å². The zero-order chi connectivity index (χ0) is 11.4. The third-order valence-corrected chi connectivity index (χ3v) is 2.60. The monoisotopic (exact) mass is 217 g/mol. The molecule has 3 N–H and O–H groups in total. The molecule has 1 atom stereocenters. The van der Waals surface area contributed by atoms with Crippen molar-refractivity contribution in [3.63, 3.8) is 0 Å². The summed E-state index contributed by atoms with van der Waals surface area (Å²) in [6.45, 7) is 2.03. The van der Waals surface area contributed by atoms with Crippen LogP contribution >= 0.6 is 0 Å². The number of hydrazine groups is 1. The molecule has 0 amide bonds. The van der Waals surface area contributed by atoms with Gasteiger partial charge in [-0.05, 0) is 36.6 Å². The van der Waals surface area contributed by atoms with Gasteiger partial charge < -0.3 is 4.42 Å². The first-order chi connectivity index (χ1) is 7.81. The van der Waals surface area contributed by atoms with Gasteiger partial charge in [-0.3, -0.25) is 16.3 Å². The van der Waals surface area contributed by atoms with Crippen molar-refractivity contribution in [2.24, 2.45) is 5.84 Å². The Hall–Kier alpha value is -1.65. The highest BCUT2D eigenvalue weighted by atomic mass is 16.3. The Morgan fingerprint density at radius 3 is 3.00 bits per heavy atom. The van der Waals surface area contributed by atoms with E-state index in [4.69, 9.17) is 10.3 Å². The van der Waals surface area contributed by atoms with Gasteiger partial charge in [0.15, 0.2) is 0 Å². The second-order valence-corrected chi connectivity index (χ2v) is 3.76. The predicted molar refractivity (Wildman–Crippen MR) is 61.5 cm³/mol. The summed E-state index contributed by atoms with van der Waals surface area (Å²) in [5, 5.41) is 0. The van der Waals surface area contributed by atoms with E-state index < -0.39 is 0 Å². The molecule has 0 saturated heterocycles. The summed E-state index contributed by atoms with van der Waals surface area (Å²) >= 11 is 0. The summed E-state index contributed by atoms with van der Waals surface area (Å²) in [6, 6.07) is 5.90. The summed E-state index contributed by atoms with van der Waals surface area (Å²) in [7, 11) is 0. The van der Waals surface area contributed by atoms with Crippen LogP contribution in [0.25, 0.3) is 0 Å². The number of aromatic nitrogens is 1. The number of hydrogen-bond donors (Lipinski definition) is 2. The van der Waals surface area contributed by atoms with Crippen LogP contribution in [0.5, 0.6) is 0 Å². The van der Waals surface area contributed by atoms with E-state index in [0.717, 1.165) is 23.2 Å². The van der Waals surface area contributed by atoms with Crippen molar-refractivity contribution in [3.05, 3.63) is 53.7 Å². The molecule has 1 unspecified atom stereocenters. The van der Waals surface area contributed by atoms with Crippen molar-refractivity contribution in [2.75, 3.05) is 0 Å². The zero-order valence-corrected chi connectivity index (χ0v) is 9.18. The molecule has 0 radical (unpaired) electrons. The van der Waals surface area contributed by atoms with Gasteiger partial charge in [0.2, 0.25) is 0 Å². The Balaban J connectivity index is 2.20. The lowest BCUT2D eigenvalue weighted by Gasteiger charge is -2.16. The highest BCUT2D eigenvalue weighted by molar-refractivity contribution is 5.23. The maximum Gasteiger partial charge on any atom is 0.0935 e. The third kappa shape index (κ3) is 2.29. The van der Waals surface area contributed by atoms with E-state index in [1.165, 1.54) is 0 Å². The van der Waals surface area contributed by atoms with E-state index in [9.17, 15) is 0 Å². The Bertz CT molecular complexity index is 439. The van der Waals surface area contributed by atoms with Crippen LogP contribution in [0, 0.1) is 6.92 Å². The summed E-state index contributed by atoms with van der Waals surface area (Å²) in [6.07, 6.45) is 5.93. The normalized spacial score (nSPS) is 12.6. The number of nitrogens with one attached hydrogen (secondary N) is 1. The van der Waals surface area contributed by atoms with E-state index in [1.54, 1.807) is 18.7 Å². The Morgan fingerprint density at radius 2 is 2.38 bits per heavy atom. The molecular formula is C12H15N3O. The molecule has 84 valence electrons. The molecule has 4 heteroatoms. The third-order valence-electron chi connectivity index (χ3n) is 2.60. The lowest BCUT2D eigenvalue weighted by atomic mass is 10.0. The van der Waals surface area contributed by atoms with Crippen LogP contribution in [0.4, 0.5) is 0 Å². The first kappa shape index (κ1) is 10.9. The number of rotatable bonds is 4. The van der Waals surface area contributed by atoms with Crippen LogP contribution in [-0.2, 0) is 6.42 Å². The molecule has 0 aromatic carbocycles. The van der Waals surface area contributed by atoms with E-state index >= 15 is 0 Å². The molecule has 0 bridgehead atoms. The Kier molecular flexibility index (Phi) is 3.34. The smallest absolute Gasteiger partial charge is 0.0935 e. The topological polar surface area (TPSA) is 64.1 Å². The second-order valence-electron chi connectivity index (χ2n) is 3.76. The van der Waals surface area contributed by atoms with Crippen LogP contribution in [-0.4, -0.2) is 4.98 Å². The molecule has 2 rings (SSSR count). The number of furan rings is 1. The Labute approximate surface area is 94.5 Å². The minimum absolute atomic E-state index is 0.0128. The summed E-state index contributed by atoms with van der Waals surface area (Å²) < 4.78 is 5.04. The zero-order valence-electron chi connectivity index (χ0n) is 9.18. The average Bonchev–Trinajstić information content (AvgIpc) is 2.80. The van der Waals surface area contributed by atoms with Crippen LogP contribution in [0.1, 0.15) is 22.9 Å². The fourth-order valence-corrected chi connectivity index (χ4v) is 1.74. The van der Waals surface area contributed by atoms with Gasteiger partial charge in [-0.1, -0.05) is 6.07 Å². The number of pyridine rings is 1. The molecule has 0 aliphatic carbocycles. The molecule has 0 fully saturated rings.